The molecule has 0 heterocycles. The third-order valence-corrected chi connectivity index (χ3v) is 4.48. The Morgan fingerprint density at radius 3 is 2.59 bits per heavy atom. The highest BCUT2D eigenvalue weighted by atomic mass is 79.9. The number of ether oxygens (including phenoxy) is 1. The molecule has 0 saturated carbocycles. The number of nitrogens with one attached hydrogen (secondary N) is 1. The van der Waals surface area contributed by atoms with Gasteiger partial charge in [0.25, 0.3) is 5.91 Å². The zero-order chi connectivity index (χ0) is 20.8. The van der Waals surface area contributed by atoms with Crippen LogP contribution in [0.5, 0.6) is 17.2 Å². The van der Waals surface area contributed by atoms with E-state index in [0.29, 0.717) is 17.9 Å². The van der Waals surface area contributed by atoms with E-state index in [4.69, 9.17) is 4.74 Å². The van der Waals surface area contributed by atoms with Gasteiger partial charge >= 0.3 is 0 Å². The second kappa shape index (κ2) is 9.25. The van der Waals surface area contributed by atoms with Crippen molar-refractivity contribution in [3.05, 3.63) is 87.4 Å². The number of aromatic hydroxyl groups is 2. The van der Waals surface area contributed by atoms with Crippen LogP contribution in [-0.2, 0) is 6.61 Å². The molecule has 3 aromatic rings. The zero-order valence-corrected chi connectivity index (χ0v) is 17.2. The minimum Gasteiger partial charge on any atom is -0.508 e. The first-order valence-corrected chi connectivity index (χ1v) is 9.54. The van der Waals surface area contributed by atoms with E-state index in [-0.39, 0.29) is 17.1 Å². The highest BCUT2D eigenvalue weighted by molar-refractivity contribution is 9.10. The van der Waals surface area contributed by atoms with Gasteiger partial charge in [-0.25, -0.2) is 5.43 Å². The largest absolute Gasteiger partial charge is 0.508 e. The van der Waals surface area contributed by atoms with E-state index in [1.165, 1.54) is 18.3 Å². The molecule has 0 aliphatic carbocycles. The van der Waals surface area contributed by atoms with E-state index in [0.717, 1.165) is 21.7 Å². The molecule has 0 aliphatic rings. The van der Waals surface area contributed by atoms with Gasteiger partial charge in [-0.2, -0.15) is 5.10 Å². The summed E-state index contributed by atoms with van der Waals surface area (Å²) in [6.45, 7) is 2.43. The van der Waals surface area contributed by atoms with E-state index in [9.17, 15) is 15.0 Å². The average molecular weight is 455 g/mol. The van der Waals surface area contributed by atoms with E-state index in [1.54, 1.807) is 0 Å². The van der Waals surface area contributed by atoms with Gasteiger partial charge in [-0.05, 0) is 42.8 Å². The maximum atomic E-state index is 12.1. The van der Waals surface area contributed by atoms with Crippen LogP contribution in [0.3, 0.4) is 0 Å². The first kappa shape index (κ1) is 20.4. The van der Waals surface area contributed by atoms with E-state index in [2.05, 4.69) is 32.5 Å². The minimum atomic E-state index is -0.565. The van der Waals surface area contributed by atoms with Crippen molar-refractivity contribution < 1.29 is 19.7 Å². The predicted molar refractivity (Wildman–Crippen MR) is 114 cm³/mol. The average Bonchev–Trinajstić information content (AvgIpc) is 2.66. The monoisotopic (exact) mass is 454 g/mol. The Bertz CT molecular complexity index is 1050. The lowest BCUT2D eigenvalue weighted by molar-refractivity contribution is 0.0954. The summed E-state index contributed by atoms with van der Waals surface area (Å²) >= 11 is 3.42. The van der Waals surface area contributed by atoms with Crippen LogP contribution in [0.2, 0.25) is 0 Å². The number of hydrazone groups is 1. The lowest BCUT2D eigenvalue weighted by Crippen LogP contribution is -2.17. The predicted octanol–water partition coefficient (Wildman–Crippen LogP) is 4.51. The Morgan fingerprint density at radius 2 is 1.86 bits per heavy atom. The maximum absolute atomic E-state index is 12.1. The topological polar surface area (TPSA) is 91.2 Å². The highest BCUT2D eigenvalue weighted by Gasteiger charge is 2.08. The molecule has 0 unspecified atom stereocenters. The van der Waals surface area contributed by atoms with Crippen molar-refractivity contribution in [2.24, 2.45) is 5.10 Å². The van der Waals surface area contributed by atoms with Crippen LogP contribution in [-0.4, -0.2) is 22.3 Å². The summed E-state index contributed by atoms with van der Waals surface area (Å²) < 4.78 is 6.75. The molecule has 29 heavy (non-hydrogen) atoms. The molecule has 0 saturated heterocycles. The number of carbonyl (C=O) groups is 1. The number of carbonyl (C=O) groups excluding carboxylic acids is 1. The normalized spacial score (nSPS) is 10.8. The van der Waals surface area contributed by atoms with Crippen molar-refractivity contribution in [2.75, 3.05) is 0 Å². The number of nitrogens with zero attached hydrogens (tertiary/aromatic N) is 1. The molecule has 0 aliphatic heterocycles. The van der Waals surface area contributed by atoms with E-state index >= 15 is 0 Å². The molecule has 3 N–H and O–H groups in total. The molecule has 0 fully saturated rings. The van der Waals surface area contributed by atoms with Gasteiger partial charge in [0.15, 0.2) is 0 Å². The zero-order valence-electron chi connectivity index (χ0n) is 15.6. The van der Waals surface area contributed by atoms with Gasteiger partial charge in [-0.1, -0.05) is 45.8 Å². The molecule has 0 spiro atoms. The maximum Gasteiger partial charge on any atom is 0.271 e. The second-order valence-electron chi connectivity index (χ2n) is 6.40. The van der Waals surface area contributed by atoms with Crippen LogP contribution >= 0.6 is 15.9 Å². The lowest BCUT2D eigenvalue weighted by Gasteiger charge is -2.10. The molecule has 3 rings (SSSR count). The second-order valence-corrected chi connectivity index (χ2v) is 7.31. The number of phenols is 2. The smallest absolute Gasteiger partial charge is 0.271 e. The Balaban J connectivity index is 1.71. The quantitative estimate of drug-likeness (QED) is 0.377. The summed E-state index contributed by atoms with van der Waals surface area (Å²) in [6.07, 6.45) is 1.47. The standard InChI is InChI=1S/C22H19BrN2O4/c1-14-3-2-4-15(7-14)13-29-21-6-5-18(23)8-17(21)12-24-25-22(28)16-9-19(26)11-20(27)10-16/h2-12,26-27H,13H2,1H3,(H,25,28)/b24-12+. The van der Waals surface area contributed by atoms with Gasteiger partial charge in [-0.15, -0.1) is 0 Å². The number of benzene rings is 3. The number of rotatable bonds is 6. The van der Waals surface area contributed by atoms with Crippen molar-refractivity contribution in [3.8, 4) is 17.2 Å². The molecule has 0 atom stereocenters. The summed E-state index contributed by atoms with van der Waals surface area (Å²) in [5.74, 6) is -0.372. The fraction of sp³-hybridized carbons (Fsp3) is 0.0909. The summed E-state index contributed by atoms with van der Waals surface area (Å²) in [4.78, 5) is 12.1. The number of hydrogen-bond acceptors (Lipinski definition) is 5. The summed E-state index contributed by atoms with van der Waals surface area (Å²) in [7, 11) is 0. The molecular weight excluding hydrogens is 436 g/mol. The van der Waals surface area contributed by atoms with Crippen molar-refractivity contribution in [3.63, 3.8) is 0 Å². The molecule has 0 aromatic heterocycles. The van der Waals surface area contributed by atoms with Gasteiger partial charge in [0.1, 0.15) is 23.9 Å². The molecule has 148 valence electrons. The Hall–Kier alpha value is -3.32. The number of halogens is 1. The SMILES string of the molecule is Cc1cccc(COc2ccc(Br)cc2/C=N/NC(=O)c2cc(O)cc(O)c2)c1. The summed E-state index contributed by atoms with van der Waals surface area (Å²) in [5, 5.41) is 22.9. The van der Waals surface area contributed by atoms with E-state index in [1.807, 2.05) is 43.3 Å². The number of hydrogen-bond donors (Lipinski definition) is 3. The first-order chi connectivity index (χ1) is 13.9. The highest BCUT2D eigenvalue weighted by Crippen LogP contribution is 2.23. The third-order valence-electron chi connectivity index (χ3n) is 3.98. The van der Waals surface area contributed by atoms with E-state index < -0.39 is 5.91 Å². The number of amides is 1. The Labute approximate surface area is 176 Å². The lowest BCUT2D eigenvalue weighted by atomic mass is 10.1. The molecule has 6 nitrogen and oxygen atoms in total. The number of phenolic OH excluding ortho intramolecular Hbond substituents is 2. The molecule has 3 aromatic carbocycles. The molecule has 0 radical (unpaired) electrons. The molecule has 7 heteroatoms. The number of aryl methyl sites for hydroxylation is 1. The van der Waals surface area contributed by atoms with Gasteiger partial charge in [0.05, 0.1) is 6.21 Å². The molecule has 1 amide bonds. The minimum absolute atomic E-state index is 0.0878. The van der Waals surface area contributed by atoms with Crippen LogP contribution in [0.25, 0.3) is 0 Å². The summed E-state index contributed by atoms with van der Waals surface area (Å²) in [6, 6.07) is 17.2. The van der Waals surface area contributed by atoms with Crippen LogP contribution in [0, 0.1) is 6.92 Å². The van der Waals surface area contributed by atoms with Crippen molar-refractivity contribution in [1.29, 1.82) is 0 Å². The molecular formula is C22H19BrN2O4. The van der Waals surface area contributed by atoms with Crippen molar-refractivity contribution in [2.45, 2.75) is 13.5 Å². The van der Waals surface area contributed by atoms with Crippen molar-refractivity contribution >= 4 is 28.1 Å². The third kappa shape index (κ3) is 5.83. The fourth-order valence-corrected chi connectivity index (χ4v) is 3.04. The van der Waals surface area contributed by atoms with Gasteiger partial charge < -0.3 is 14.9 Å². The van der Waals surface area contributed by atoms with Crippen LogP contribution in [0.4, 0.5) is 0 Å². The van der Waals surface area contributed by atoms with Crippen LogP contribution < -0.4 is 10.2 Å². The summed E-state index contributed by atoms with van der Waals surface area (Å²) in [5.41, 5.74) is 5.33. The van der Waals surface area contributed by atoms with Crippen molar-refractivity contribution in [1.82, 2.24) is 5.43 Å². The van der Waals surface area contributed by atoms with Crippen LogP contribution in [0.15, 0.2) is 70.2 Å². The Morgan fingerprint density at radius 1 is 1.10 bits per heavy atom. The molecule has 0 bridgehead atoms. The first-order valence-electron chi connectivity index (χ1n) is 8.75. The fourth-order valence-electron chi connectivity index (χ4n) is 2.67. The Kier molecular flexibility index (Phi) is 6.51. The van der Waals surface area contributed by atoms with Gasteiger partial charge in [0, 0.05) is 21.7 Å². The van der Waals surface area contributed by atoms with Crippen LogP contribution in [0.1, 0.15) is 27.0 Å². The van der Waals surface area contributed by atoms with Gasteiger partial charge in [0.2, 0.25) is 0 Å². The van der Waals surface area contributed by atoms with Gasteiger partial charge in [-0.3, -0.25) is 4.79 Å².